The molecular formula is C18H21BrN2O3. The van der Waals surface area contributed by atoms with E-state index in [1.165, 1.54) is 0 Å². The third kappa shape index (κ3) is 4.41. The highest BCUT2D eigenvalue weighted by Crippen LogP contribution is 2.27. The van der Waals surface area contributed by atoms with Crippen LogP contribution in [0.2, 0.25) is 0 Å². The molecule has 0 unspecified atom stereocenters. The van der Waals surface area contributed by atoms with Gasteiger partial charge in [0.2, 0.25) is 0 Å². The molecule has 0 bridgehead atoms. The molecule has 0 saturated carbocycles. The van der Waals surface area contributed by atoms with E-state index in [1.807, 2.05) is 44.2 Å². The van der Waals surface area contributed by atoms with E-state index >= 15 is 0 Å². The summed E-state index contributed by atoms with van der Waals surface area (Å²) >= 11 is 3.45. The van der Waals surface area contributed by atoms with Crippen LogP contribution in [-0.4, -0.2) is 20.3 Å². The van der Waals surface area contributed by atoms with Crippen LogP contribution in [0.4, 0.5) is 10.5 Å². The second kappa shape index (κ2) is 8.06. The van der Waals surface area contributed by atoms with E-state index in [1.54, 1.807) is 14.2 Å². The van der Waals surface area contributed by atoms with Gasteiger partial charge in [-0.3, -0.25) is 0 Å². The van der Waals surface area contributed by atoms with Crippen LogP contribution >= 0.6 is 15.9 Å². The zero-order valence-corrected chi connectivity index (χ0v) is 15.8. The van der Waals surface area contributed by atoms with Crippen molar-refractivity contribution >= 4 is 27.6 Å². The molecule has 24 heavy (non-hydrogen) atoms. The number of carbonyl (C=O) groups is 1. The molecule has 0 fully saturated rings. The fraction of sp³-hybridized carbons (Fsp3) is 0.278. The third-order valence-corrected chi connectivity index (χ3v) is 4.09. The Labute approximate surface area is 150 Å². The lowest BCUT2D eigenvalue weighted by molar-refractivity contribution is 0.251. The van der Waals surface area contributed by atoms with Gasteiger partial charge >= 0.3 is 6.03 Å². The van der Waals surface area contributed by atoms with Gasteiger partial charge < -0.3 is 20.1 Å². The highest BCUT2D eigenvalue weighted by Gasteiger charge is 2.09. The van der Waals surface area contributed by atoms with E-state index in [2.05, 4.69) is 26.6 Å². The van der Waals surface area contributed by atoms with Crippen molar-refractivity contribution in [2.45, 2.75) is 20.4 Å². The zero-order valence-electron chi connectivity index (χ0n) is 14.2. The number of ether oxygens (including phenoxy) is 2. The van der Waals surface area contributed by atoms with Gasteiger partial charge in [-0.25, -0.2) is 4.79 Å². The van der Waals surface area contributed by atoms with Crippen LogP contribution in [0.25, 0.3) is 0 Å². The molecule has 2 aromatic rings. The van der Waals surface area contributed by atoms with Crippen LogP contribution in [0.3, 0.4) is 0 Å². The number of aryl methyl sites for hydroxylation is 2. The Morgan fingerprint density at radius 2 is 1.67 bits per heavy atom. The second-order valence-corrected chi connectivity index (χ2v) is 6.33. The van der Waals surface area contributed by atoms with Crippen molar-refractivity contribution in [1.29, 1.82) is 0 Å². The van der Waals surface area contributed by atoms with E-state index < -0.39 is 0 Å². The molecule has 0 aliphatic rings. The van der Waals surface area contributed by atoms with Gasteiger partial charge in [0.25, 0.3) is 0 Å². The van der Waals surface area contributed by atoms with Crippen LogP contribution in [-0.2, 0) is 6.54 Å². The fourth-order valence-electron chi connectivity index (χ4n) is 2.44. The van der Waals surface area contributed by atoms with Gasteiger partial charge in [-0.2, -0.15) is 0 Å². The second-order valence-electron chi connectivity index (χ2n) is 5.41. The Balaban J connectivity index is 2.01. The summed E-state index contributed by atoms with van der Waals surface area (Å²) in [5.74, 6) is 1.30. The predicted molar refractivity (Wildman–Crippen MR) is 99.0 cm³/mol. The summed E-state index contributed by atoms with van der Waals surface area (Å²) in [5, 5.41) is 5.75. The lowest BCUT2D eigenvalue weighted by Crippen LogP contribution is -2.28. The molecule has 2 aromatic carbocycles. The highest BCUT2D eigenvalue weighted by atomic mass is 79.9. The van der Waals surface area contributed by atoms with Crippen LogP contribution in [0.1, 0.15) is 16.7 Å². The molecule has 0 saturated heterocycles. The first kappa shape index (κ1) is 18.1. The van der Waals surface area contributed by atoms with Crippen molar-refractivity contribution < 1.29 is 14.3 Å². The SMILES string of the molecule is COc1ccc(CNC(=O)Nc2c(C)cc(Br)cc2C)cc1OC. The molecular weight excluding hydrogens is 372 g/mol. The molecule has 0 heterocycles. The molecule has 0 atom stereocenters. The number of methoxy groups -OCH3 is 2. The van der Waals surface area contributed by atoms with Crippen molar-refractivity contribution in [3.8, 4) is 11.5 Å². The summed E-state index contributed by atoms with van der Waals surface area (Å²) in [6, 6.07) is 9.23. The number of carbonyl (C=O) groups excluding carboxylic acids is 1. The summed E-state index contributed by atoms with van der Waals surface area (Å²) < 4.78 is 11.5. The van der Waals surface area contributed by atoms with Gasteiger partial charge in [-0.15, -0.1) is 0 Å². The van der Waals surface area contributed by atoms with Gasteiger partial charge in [0.1, 0.15) is 0 Å². The Kier molecular flexibility index (Phi) is 6.09. The summed E-state index contributed by atoms with van der Waals surface area (Å²) in [7, 11) is 3.17. The Hall–Kier alpha value is -2.21. The lowest BCUT2D eigenvalue weighted by Gasteiger charge is -2.14. The monoisotopic (exact) mass is 392 g/mol. The van der Waals surface area contributed by atoms with Gasteiger partial charge in [0.05, 0.1) is 14.2 Å². The minimum absolute atomic E-state index is 0.252. The number of amides is 2. The maximum Gasteiger partial charge on any atom is 0.319 e. The summed E-state index contributed by atoms with van der Waals surface area (Å²) in [5.41, 5.74) is 3.75. The average Bonchev–Trinajstić information content (AvgIpc) is 2.55. The number of hydrogen-bond acceptors (Lipinski definition) is 3. The van der Waals surface area contributed by atoms with Gasteiger partial charge in [0, 0.05) is 16.7 Å². The van der Waals surface area contributed by atoms with Gasteiger partial charge in [0.15, 0.2) is 11.5 Å². The smallest absolute Gasteiger partial charge is 0.319 e. The van der Waals surface area contributed by atoms with Crippen LogP contribution in [0.5, 0.6) is 11.5 Å². The largest absolute Gasteiger partial charge is 0.493 e. The fourth-order valence-corrected chi connectivity index (χ4v) is 3.13. The van der Waals surface area contributed by atoms with E-state index in [0.29, 0.717) is 18.0 Å². The number of benzene rings is 2. The number of nitrogens with one attached hydrogen (secondary N) is 2. The Bertz CT molecular complexity index is 724. The first-order valence-corrected chi connectivity index (χ1v) is 8.26. The molecule has 2 amide bonds. The molecule has 6 heteroatoms. The molecule has 128 valence electrons. The Morgan fingerprint density at radius 1 is 1.04 bits per heavy atom. The predicted octanol–water partition coefficient (Wildman–Crippen LogP) is 4.40. The van der Waals surface area contributed by atoms with Crippen LogP contribution < -0.4 is 20.1 Å². The number of halogens is 1. The first-order chi connectivity index (χ1) is 11.4. The minimum Gasteiger partial charge on any atom is -0.493 e. The van der Waals surface area contributed by atoms with Crippen LogP contribution in [0, 0.1) is 13.8 Å². The molecule has 0 aromatic heterocycles. The molecule has 0 aliphatic heterocycles. The number of hydrogen-bond donors (Lipinski definition) is 2. The molecule has 0 radical (unpaired) electrons. The third-order valence-electron chi connectivity index (χ3n) is 3.64. The molecule has 0 aliphatic carbocycles. The van der Waals surface area contributed by atoms with Crippen molar-refractivity contribution in [3.63, 3.8) is 0 Å². The lowest BCUT2D eigenvalue weighted by atomic mass is 10.1. The normalized spacial score (nSPS) is 10.2. The number of rotatable bonds is 5. The average molecular weight is 393 g/mol. The zero-order chi connectivity index (χ0) is 17.7. The summed E-state index contributed by atoms with van der Waals surface area (Å²) in [6.45, 7) is 4.31. The topological polar surface area (TPSA) is 59.6 Å². The van der Waals surface area contributed by atoms with E-state index in [-0.39, 0.29) is 6.03 Å². The first-order valence-electron chi connectivity index (χ1n) is 7.47. The minimum atomic E-state index is -0.252. The van der Waals surface area contributed by atoms with Crippen molar-refractivity contribution in [2.24, 2.45) is 0 Å². The molecule has 2 N–H and O–H groups in total. The van der Waals surface area contributed by atoms with E-state index in [0.717, 1.165) is 26.9 Å². The van der Waals surface area contributed by atoms with Gasteiger partial charge in [-0.1, -0.05) is 22.0 Å². The molecule has 5 nitrogen and oxygen atoms in total. The Morgan fingerprint density at radius 3 is 2.25 bits per heavy atom. The van der Waals surface area contributed by atoms with Crippen molar-refractivity contribution in [1.82, 2.24) is 5.32 Å². The van der Waals surface area contributed by atoms with E-state index in [9.17, 15) is 4.79 Å². The van der Waals surface area contributed by atoms with E-state index in [4.69, 9.17) is 9.47 Å². The number of urea groups is 1. The highest BCUT2D eigenvalue weighted by molar-refractivity contribution is 9.10. The van der Waals surface area contributed by atoms with Crippen molar-refractivity contribution in [2.75, 3.05) is 19.5 Å². The van der Waals surface area contributed by atoms with Crippen molar-refractivity contribution in [3.05, 3.63) is 51.5 Å². The summed E-state index contributed by atoms with van der Waals surface area (Å²) in [6.07, 6.45) is 0. The van der Waals surface area contributed by atoms with Gasteiger partial charge in [-0.05, 0) is 54.8 Å². The quantitative estimate of drug-likeness (QED) is 0.792. The molecule has 0 spiro atoms. The molecule has 2 rings (SSSR count). The van der Waals surface area contributed by atoms with Crippen LogP contribution in [0.15, 0.2) is 34.8 Å². The number of anilines is 1. The maximum absolute atomic E-state index is 12.2. The summed E-state index contributed by atoms with van der Waals surface area (Å²) in [4.78, 5) is 12.2. The standard InChI is InChI=1S/C18H21BrN2O3/c1-11-7-14(19)8-12(2)17(11)21-18(22)20-10-13-5-6-15(23-3)16(9-13)24-4/h5-9H,10H2,1-4H3,(H2,20,21,22). The maximum atomic E-state index is 12.2.